The van der Waals surface area contributed by atoms with E-state index in [0.717, 1.165) is 5.76 Å². The molecule has 0 aliphatic rings. The van der Waals surface area contributed by atoms with Gasteiger partial charge in [-0.05, 0) is 42.2 Å². The predicted molar refractivity (Wildman–Crippen MR) is 83.6 cm³/mol. The van der Waals surface area contributed by atoms with Crippen LogP contribution >= 0.6 is 0 Å². The van der Waals surface area contributed by atoms with Crippen LogP contribution in [-0.4, -0.2) is 12.1 Å². The SMILES string of the molecule is Cc1ccc(/C=N\NC(=O)c2ccc(C(C)(C)C)cc2)o1. The number of hydrogen-bond acceptors (Lipinski definition) is 3. The zero-order chi connectivity index (χ0) is 15.5. The Morgan fingerprint density at radius 2 is 1.81 bits per heavy atom. The molecule has 0 aliphatic heterocycles. The van der Waals surface area contributed by atoms with Crippen LogP contribution in [0.15, 0.2) is 45.9 Å². The van der Waals surface area contributed by atoms with Gasteiger partial charge in [0.25, 0.3) is 5.91 Å². The summed E-state index contributed by atoms with van der Waals surface area (Å²) >= 11 is 0. The van der Waals surface area contributed by atoms with Crippen molar-refractivity contribution in [1.82, 2.24) is 5.43 Å². The van der Waals surface area contributed by atoms with Gasteiger partial charge < -0.3 is 4.42 Å². The van der Waals surface area contributed by atoms with E-state index in [9.17, 15) is 4.79 Å². The van der Waals surface area contributed by atoms with Gasteiger partial charge in [0.1, 0.15) is 11.5 Å². The average molecular weight is 284 g/mol. The normalized spacial score (nSPS) is 11.8. The Morgan fingerprint density at radius 1 is 1.14 bits per heavy atom. The van der Waals surface area contributed by atoms with E-state index < -0.39 is 0 Å². The smallest absolute Gasteiger partial charge is 0.271 e. The van der Waals surface area contributed by atoms with Gasteiger partial charge in [-0.15, -0.1) is 0 Å². The molecule has 1 amide bonds. The Morgan fingerprint density at radius 3 is 2.33 bits per heavy atom. The van der Waals surface area contributed by atoms with Crippen LogP contribution in [0.2, 0.25) is 0 Å². The first-order chi connectivity index (χ1) is 9.86. The average Bonchev–Trinajstić information content (AvgIpc) is 2.83. The highest BCUT2D eigenvalue weighted by molar-refractivity contribution is 5.94. The van der Waals surface area contributed by atoms with E-state index in [1.54, 1.807) is 6.07 Å². The highest BCUT2D eigenvalue weighted by Gasteiger charge is 2.14. The topological polar surface area (TPSA) is 54.6 Å². The number of carbonyl (C=O) groups excluding carboxylic acids is 1. The lowest BCUT2D eigenvalue weighted by Crippen LogP contribution is -2.18. The standard InChI is InChI=1S/C17H20N2O2/c1-12-5-10-15(21-12)11-18-19-16(20)13-6-8-14(9-7-13)17(2,3)4/h5-11H,1-4H3,(H,19,20)/b18-11-. The second kappa shape index (κ2) is 5.95. The molecule has 1 aromatic heterocycles. The Kier molecular flexibility index (Phi) is 4.26. The molecule has 4 heteroatoms. The summed E-state index contributed by atoms with van der Waals surface area (Å²) in [6.07, 6.45) is 1.48. The molecule has 1 N–H and O–H groups in total. The van der Waals surface area contributed by atoms with Crippen LogP contribution in [0.25, 0.3) is 0 Å². The van der Waals surface area contributed by atoms with Gasteiger partial charge in [-0.3, -0.25) is 4.79 Å². The van der Waals surface area contributed by atoms with Crippen LogP contribution in [0.5, 0.6) is 0 Å². The van der Waals surface area contributed by atoms with Crippen LogP contribution < -0.4 is 5.43 Å². The highest BCUT2D eigenvalue weighted by atomic mass is 16.3. The number of aryl methyl sites for hydroxylation is 1. The molecule has 1 heterocycles. The van der Waals surface area contributed by atoms with E-state index >= 15 is 0 Å². The van der Waals surface area contributed by atoms with Crippen molar-refractivity contribution in [3.05, 3.63) is 59.0 Å². The molecular weight excluding hydrogens is 264 g/mol. The number of rotatable bonds is 3. The minimum Gasteiger partial charge on any atom is -0.460 e. The lowest BCUT2D eigenvalue weighted by atomic mass is 9.87. The Bertz CT molecular complexity index is 646. The van der Waals surface area contributed by atoms with Gasteiger partial charge in [0, 0.05) is 5.56 Å². The van der Waals surface area contributed by atoms with Gasteiger partial charge >= 0.3 is 0 Å². The molecule has 21 heavy (non-hydrogen) atoms. The molecule has 0 fully saturated rings. The van der Waals surface area contributed by atoms with E-state index in [-0.39, 0.29) is 11.3 Å². The summed E-state index contributed by atoms with van der Waals surface area (Å²) in [6, 6.07) is 11.2. The van der Waals surface area contributed by atoms with E-state index in [1.165, 1.54) is 11.8 Å². The van der Waals surface area contributed by atoms with Crippen molar-refractivity contribution in [3.63, 3.8) is 0 Å². The first-order valence-corrected chi connectivity index (χ1v) is 6.86. The Balaban J connectivity index is 1.99. The third kappa shape index (κ3) is 4.05. The Labute approximate surface area is 124 Å². The Hall–Kier alpha value is -2.36. The number of benzene rings is 1. The summed E-state index contributed by atoms with van der Waals surface area (Å²) in [5.41, 5.74) is 4.33. The fraction of sp³-hybridized carbons (Fsp3) is 0.294. The number of amides is 1. The summed E-state index contributed by atoms with van der Waals surface area (Å²) in [5, 5.41) is 3.88. The summed E-state index contributed by atoms with van der Waals surface area (Å²) in [5.74, 6) is 1.17. The summed E-state index contributed by atoms with van der Waals surface area (Å²) in [7, 11) is 0. The van der Waals surface area contributed by atoms with Gasteiger partial charge in [0.15, 0.2) is 0 Å². The van der Waals surface area contributed by atoms with Crippen molar-refractivity contribution < 1.29 is 9.21 Å². The fourth-order valence-electron chi connectivity index (χ4n) is 1.86. The predicted octanol–water partition coefficient (Wildman–Crippen LogP) is 3.65. The number of carbonyl (C=O) groups is 1. The van der Waals surface area contributed by atoms with Gasteiger partial charge in [-0.2, -0.15) is 5.10 Å². The monoisotopic (exact) mass is 284 g/mol. The third-order valence-electron chi connectivity index (χ3n) is 3.13. The van der Waals surface area contributed by atoms with Crippen molar-refractivity contribution in [2.45, 2.75) is 33.1 Å². The van der Waals surface area contributed by atoms with Crippen LogP contribution in [0.1, 0.15) is 48.2 Å². The molecule has 0 atom stereocenters. The van der Waals surface area contributed by atoms with Crippen LogP contribution in [0.3, 0.4) is 0 Å². The van der Waals surface area contributed by atoms with E-state index in [2.05, 4.69) is 31.3 Å². The maximum Gasteiger partial charge on any atom is 0.271 e. The maximum atomic E-state index is 11.9. The van der Waals surface area contributed by atoms with Crippen LogP contribution in [-0.2, 0) is 5.41 Å². The molecule has 0 radical (unpaired) electrons. The minimum absolute atomic E-state index is 0.0737. The molecule has 4 nitrogen and oxygen atoms in total. The van der Waals surface area contributed by atoms with Gasteiger partial charge in [0.05, 0.1) is 6.21 Å². The lowest BCUT2D eigenvalue weighted by Gasteiger charge is -2.18. The first-order valence-electron chi connectivity index (χ1n) is 6.86. The number of furan rings is 1. The molecule has 2 rings (SSSR count). The molecular formula is C17H20N2O2. The largest absolute Gasteiger partial charge is 0.460 e. The van der Waals surface area contributed by atoms with Gasteiger partial charge in [0.2, 0.25) is 0 Å². The highest BCUT2D eigenvalue weighted by Crippen LogP contribution is 2.22. The summed E-state index contributed by atoms with van der Waals surface area (Å²) < 4.78 is 5.32. The van der Waals surface area contributed by atoms with Crippen molar-refractivity contribution in [2.24, 2.45) is 5.10 Å². The molecule has 0 saturated heterocycles. The third-order valence-corrected chi connectivity index (χ3v) is 3.13. The molecule has 110 valence electrons. The molecule has 0 unspecified atom stereocenters. The maximum absolute atomic E-state index is 11.9. The molecule has 0 aliphatic carbocycles. The zero-order valence-corrected chi connectivity index (χ0v) is 12.8. The lowest BCUT2D eigenvalue weighted by molar-refractivity contribution is 0.0955. The quantitative estimate of drug-likeness (QED) is 0.691. The number of hydrogen-bond donors (Lipinski definition) is 1. The second-order valence-electron chi connectivity index (χ2n) is 5.97. The van der Waals surface area contributed by atoms with Crippen molar-refractivity contribution in [1.29, 1.82) is 0 Å². The number of nitrogens with zero attached hydrogens (tertiary/aromatic N) is 1. The van der Waals surface area contributed by atoms with Gasteiger partial charge in [-0.25, -0.2) is 5.43 Å². The van der Waals surface area contributed by atoms with E-state index in [1.807, 2.05) is 37.3 Å². The number of nitrogens with one attached hydrogen (secondary N) is 1. The fourth-order valence-corrected chi connectivity index (χ4v) is 1.86. The van der Waals surface area contributed by atoms with Gasteiger partial charge in [-0.1, -0.05) is 32.9 Å². The summed E-state index contributed by atoms with van der Waals surface area (Å²) in [4.78, 5) is 11.9. The summed E-state index contributed by atoms with van der Waals surface area (Å²) in [6.45, 7) is 8.26. The molecule has 1 aromatic carbocycles. The van der Waals surface area contributed by atoms with Crippen molar-refractivity contribution in [2.75, 3.05) is 0 Å². The first kappa shape index (κ1) is 15.0. The van der Waals surface area contributed by atoms with Crippen LogP contribution in [0, 0.1) is 6.92 Å². The van der Waals surface area contributed by atoms with Crippen LogP contribution in [0.4, 0.5) is 0 Å². The van der Waals surface area contributed by atoms with Crippen molar-refractivity contribution >= 4 is 12.1 Å². The molecule has 0 bridgehead atoms. The molecule has 0 saturated carbocycles. The van der Waals surface area contributed by atoms with Crippen molar-refractivity contribution in [3.8, 4) is 0 Å². The minimum atomic E-state index is -0.241. The zero-order valence-electron chi connectivity index (χ0n) is 12.8. The molecule has 0 spiro atoms. The van der Waals surface area contributed by atoms with E-state index in [4.69, 9.17) is 4.42 Å². The second-order valence-corrected chi connectivity index (χ2v) is 5.97. The molecule has 2 aromatic rings. The number of hydrazone groups is 1. The van der Waals surface area contributed by atoms with E-state index in [0.29, 0.717) is 11.3 Å².